The predicted molar refractivity (Wildman–Crippen MR) is 104 cm³/mol. The number of amides is 1. The molecule has 1 saturated heterocycles. The molecule has 140 valence electrons. The number of nitrogens with one attached hydrogen (secondary N) is 1. The number of piperidine rings is 1. The number of para-hydroxylation sites is 2. The van der Waals surface area contributed by atoms with Gasteiger partial charge in [-0.25, -0.2) is 4.98 Å². The summed E-state index contributed by atoms with van der Waals surface area (Å²) in [6, 6.07) is 17.5. The Morgan fingerprint density at radius 3 is 2.54 bits per heavy atom. The fourth-order valence-electron chi connectivity index (χ4n) is 3.67. The van der Waals surface area contributed by atoms with Crippen molar-refractivity contribution in [2.75, 3.05) is 13.1 Å². The number of hydrogen-bond acceptors (Lipinski definition) is 5. The molecule has 1 aliphatic rings. The summed E-state index contributed by atoms with van der Waals surface area (Å²) in [5, 5.41) is 3.88. The molecule has 0 bridgehead atoms. The number of carbonyl (C=O) groups is 1. The molecule has 4 aromatic rings. The zero-order valence-corrected chi connectivity index (χ0v) is 15.2. The van der Waals surface area contributed by atoms with Gasteiger partial charge in [-0.15, -0.1) is 0 Å². The van der Waals surface area contributed by atoms with Crippen molar-refractivity contribution in [2.45, 2.75) is 18.8 Å². The molecule has 2 aromatic heterocycles. The standard InChI is InChI=1S/C21H19N5O2/c27-21(19-24-20(28-25-19)15-6-2-1-3-7-15)26-12-10-14(11-13-26)18-22-16-8-4-5-9-17(16)23-18/h1-9,14H,10-13H2,(H,22,23). The first-order valence-corrected chi connectivity index (χ1v) is 9.41. The molecule has 0 saturated carbocycles. The lowest BCUT2D eigenvalue weighted by Gasteiger charge is -2.30. The van der Waals surface area contributed by atoms with Crippen LogP contribution < -0.4 is 0 Å². The van der Waals surface area contributed by atoms with E-state index < -0.39 is 0 Å². The smallest absolute Gasteiger partial charge is 0.295 e. The third-order valence-electron chi connectivity index (χ3n) is 5.21. The van der Waals surface area contributed by atoms with E-state index >= 15 is 0 Å². The van der Waals surface area contributed by atoms with Crippen LogP contribution in [0.15, 0.2) is 59.1 Å². The summed E-state index contributed by atoms with van der Waals surface area (Å²) < 4.78 is 5.26. The van der Waals surface area contributed by atoms with E-state index in [2.05, 4.69) is 15.1 Å². The Balaban J connectivity index is 1.26. The average Bonchev–Trinajstić information content (AvgIpc) is 3.41. The number of aromatic amines is 1. The van der Waals surface area contributed by atoms with Gasteiger partial charge in [0, 0.05) is 24.6 Å². The third kappa shape index (κ3) is 3.05. The molecule has 0 radical (unpaired) electrons. The van der Waals surface area contributed by atoms with Gasteiger partial charge >= 0.3 is 0 Å². The molecular weight excluding hydrogens is 354 g/mol. The maximum atomic E-state index is 12.7. The van der Waals surface area contributed by atoms with Gasteiger partial charge in [0.2, 0.25) is 0 Å². The number of nitrogens with zero attached hydrogens (tertiary/aromatic N) is 4. The van der Waals surface area contributed by atoms with Gasteiger partial charge in [0.25, 0.3) is 17.6 Å². The van der Waals surface area contributed by atoms with E-state index in [9.17, 15) is 4.79 Å². The van der Waals surface area contributed by atoms with Crippen LogP contribution in [-0.2, 0) is 0 Å². The number of imidazole rings is 1. The van der Waals surface area contributed by atoms with Crippen molar-refractivity contribution < 1.29 is 9.32 Å². The van der Waals surface area contributed by atoms with Crippen molar-refractivity contribution in [1.29, 1.82) is 0 Å². The Morgan fingerprint density at radius 1 is 1.00 bits per heavy atom. The van der Waals surface area contributed by atoms with Gasteiger partial charge in [-0.05, 0) is 37.1 Å². The highest BCUT2D eigenvalue weighted by Crippen LogP contribution is 2.28. The quantitative estimate of drug-likeness (QED) is 0.592. The number of rotatable bonds is 3. The van der Waals surface area contributed by atoms with E-state index in [4.69, 9.17) is 9.51 Å². The Kier molecular flexibility index (Phi) is 4.12. The van der Waals surface area contributed by atoms with Crippen molar-refractivity contribution in [3.8, 4) is 11.5 Å². The first-order valence-electron chi connectivity index (χ1n) is 9.41. The van der Waals surface area contributed by atoms with Crippen LogP contribution in [-0.4, -0.2) is 44.0 Å². The monoisotopic (exact) mass is 373 g/mol. The highest BCUT2D eigenvalue weighted by molar-refractivity contribution is 5.90. The lowest BCUT2D eigenvalue weighted by molar-refractivity contribution is 0.0695. The normalized spacial score (nSPS) is 15.2. The second-order valence-electron chi connectivity index (χ2n) is 6.99. The SMILES string of the molecule is O=C(c1noc(-c2ccccc2)n1)N1CCC(c2nc3ccccc3[nH]2)CC1. The van der Waals surface area contributed by atoms with Gasteiger partial charge in [-0.2, -0.15) is 4.98 Å². The molecule has 3 heterocycles. The molecule has 1 N–H and O–H groups in total. The fourth-order valence-corrected chi connectivity index (χ4v) is 3.67. The predicted octanol–water partition coefficient (Wildman–Crippen LogP) is 3.63. The van der Waals surface area contributed by atoms with E-state index in [1.807, 2.05) is 54.6 Å². The van der Waals surface area contributed by atoms with Gasteiger partial charge in [-0.3, -0.25) is 4.79 Å². The first-order chi connectivity index (χ1) is 13.8. The van der Waals surface area contributed by atoms with Crippen molar-refractivity contribution in [1.82, 2.24) is 25.0 Å². The van der Waals surface area contributed by atoms with Gasteiger partial charge in [0.15, 0.2) is 0 Å². The number of fused-ring (bicyclic) bond motifs is 1. The lowest BCUT2D eigenvalue weighted by atomic mass is 9.96. The summed E-state index contributed by atoms with van der Waals surface area (Å²) in [6.07, 6.45) is 1.71. The molecule has 1 fully saturated rings. The Morgan fingerprint density at radius 2 is 1.75 bits per heavy atom. The molecule has 28 heavy (non-hydrogen) atoms. The maximum absolute atomic E-state index is 12.7. The van der Waals surface area contributed by atoms with Crippen molar-refractivity contribution in [2.24, 2.45) is 0 Å². The molecule has 1 amide bonds. The lowest BCUT2D eigenvalue weighted by Crippen LogP contribution is -2.38. The summed E-state index contributed by atoms with van der Waals surface area (Å²) in [6.45, 7) is 1.30. The van der Waals surface area contributed by atoms with Gasteiger partial charge in [0.1, 0.15) is 5.82 Å². The van der Waals surface area contributed by atoms with E-state index in [-0.39, 0.29) is 11.7 Å². The minimum atomic E-state index is -0.186. The van der Waals surface area contributed by atoms with Crippen LogP contribution >= 0.6 is 0 Å². The highest BCUT2D eigenvalue weighted by Gasteiger charge is 2.28. The fraction of sp³-hybridized carbons (Fsp3) is 0.238. The highest BCUT2D eigenvalue weighted by atomic mass is 16.5. The molecule has 7 heteroatoms. The second kappa shape index (κ2) is 6.92. The third-order valence-corrected chi connectivity index (χ3v) is 5.21. The first kappa shape index (κ1) is 16.7. The maximum Gasteiger partial charge on any atom is 0.295 e. The zero-order chi connectivity index (χ0) is 18.9. The van der Waals surface area contributed by atoms with E-state index in [0.29, 0.717) is 24.9 Å². The Labute approximate surface area is 161 Å². The molecule has 0 atom stereocenters. The van der Waals surface area contributed by atoms with Crippen LogP contribution in [0.4, 0.5) is 0 Å². The van der Waals surface area contributed by atoms with E-state index in [1.165, 1.54) is 0 Å². The van der Waals surface area contributed by atoms with Crippen LogP contribution in [0.2, 0.25) is 0 Å². The topological polar surface area (TPSA) is 87.9 Å². The minimum absolute atomic E-state index is 0.112. The number of H-pyrrole nitrogens is 1. The van der Waals surface area contributed by atoms with Crippen molar-refractivity contribution in [3.05, 3.63) is 66.2 Å². The molecule has 7 nitrogen and oxygen atoms in total. The number of hydrogen-bond donors (Lipinski definition) is 1. The largest absolute Gasteiger partial charge is 0.342 e. The average molecular weight is 373 g/mol. The number of benzene rings is 2. The number of likely N-dealkylation sites (tertiary alicyclic amines) is 1. The summed E-state index contributed by atoms with van der Waals surface area (Å²) in [5.74, 6) is 1.61. The molecule has 0 aliphatic carbocycles. The molecule has 0 spiro atoms. The molecule has 2 aromatic carbocycles. The molecule has 5 rings (SSSR count). The molecular formula is C21H19N5O2. The zero-order valence-electron chi connectivity index (χ0n) is 15.2. The van der Waals surface area contributed by atoms with Crippen molar-refractivity contribution >= 4 is 16.9 Å². The van der Waals surface area contributed by atoms with Crippen molar-refractivity contribution in [3.63, 3.8) is 0 Å². The van der Waals surface area contributed by atoms with Crippen LogP contribution in [0.3, 0.4) is 0 Å². The summed E-state index contributed by atoms with van der Waals surface area (Å²) in [5.41, 5.74) is 2.84. The van der Waals surface area contributed by atoms with Crippen LogP contribution in [0.1, 0.15) is 35.2 Å². The van der Waals surface area contributed by atoms with Crippen LogP contribution in [0, 0.1) is 0 Å². The van der Waals surface area contributed by atoms with Crippen LogP contribution in [0.25, 0.3) is 22.5 Å². The van der Waals surface area contributed by atoms with E-state index in [1.54, 1.807) is 4.90 Å². The second-order valence-corrected chi connectivity index (χ2v) is 6.99. The minimum Gasteiger partial charge on any atom is -0.342 e. The summed E-state index contributed by atoms with van der Waals surface area (Å²) >= 11 is 0. The van der Waals surface area contributed by atoms with Crippen LogP contribution in [0.5, 0.6) is 0 Å². The molecule has 0 unspecified atom stereocenters. The Bertz CT molecular complexity index is 1080. The molecule has 1 aliphatic heterocycles. The Hall–Kier alpha value is -3.48. The van der Waals surface area contributed by atoms with E-state index in [0.717, 1.165) is 35.3 Å². The number of carbonyl (C=O) groups excluding carboxylic acids is 1. The number of aromatic nitrogens is 4. The van der Waals surface area contributed by atoms with Gasteiger partial charge in [0.05, 0.1) is 11.0 Å². The van der Waals surface area contributed by atoms with Gasteiger partial charge < -0.3 is 14.4 Å². The van der Waals surface area contributed by atoms with Gasteiger partial charge in [-0.1, -0.05) is 35.5 Å². The summed E-state index contributed by atoms with van der Waals surface area (Å²) in [7, 11) is 0. The summed E-state index contributed by atoms with van der Waals surface area (Å²) in [4.78, 5) is 26.9.